The van der Waals surface area contributed by atoms with Gasteiger partial charge in [-0.1, -0.05) is 54.6 Å². The Balaban J connectivity index is 1.19. The fourth-order valence-corrected chi connectivity index (χ4v) is 3.89. The molecule has 0 fully saturated rings. The SMILES string of the molecule is O=C(CCc1ccccc1)Nc1cccc(NC(=S)NC(=O)c2ccc(OCCOc3ccccc3)cc2)c1. The van der Waals surface area contributed by atoms with Crippen LogP contribution >= 0.6 is 12.2 Å². The Morgan fingerprint density at radius 3 is 1.92 bits per heavy atom. The molecule has 0 atom stereocenters. The van der Waals surface area contributed by atoms with Crippen LogP contribution in [0.5, 0.6) is 11.5 Å². The zero-order valence-electron chi connectivity index (χ0n) is 21.3. The maximum Gasteiger partial charge on any atom is 0.257 e. The number of para-hydroxylation sites is 1. The third-order valence-electron chi connectivity index (χ3n) is 5.60. The number of nitrogens with one attached hydrogen (secondary N) is 3. The standard InChI is InChI=1S/C31H29N3O4S/c35-29(19-14-23-8-3-1-4-9-23)32-25-10-7-11-26(22-25)33-31(39)34-30(36)24-15-17-28(18-16-24)38-21-20-37-27-12-5-2-6-13-27/h1-13,15-18,22H,14,19-21H2,(H,32,35)(H2,33,34,36,39). The smallest absolute Gasteiger partial charge is 0.257 e. The second-order valence-electron chi connectivity index (χ2n) is 8.56. The van der Waals surface area contributed by atoms with Crippen molar-refractivity contribution in [2.24, 2.45) is 0 Å². The zero-order chi connectivity index (χ0) is 27.3. The molecule has 0 spiro atoms. The van der Waals surface area contributed by atoms with Crippen LogP contribution in [0.2, 0.25) is 0 Å². The summed E-state index contributed by atoms with van der Waals surface area (Å²) in [6.07, 6.45) is 1.04. The summed E-state index contributed by atoms with van der Waals surface area (Å²) < 4.78 is 11.3. The van der Waals surface area contributed by atoms with Crippen molar-refractivity contribution in [3.8, 4) is 11.5 Å². The number of hydrogen-bond donors (Lipinski definition) is 3. The van der Waals surface area contributed by atoms with Gasteiger partial charge in [0.25, 0.3) is 5.91 Å². The number of rotatable bonds is 11. The van der Waals surface area contributed by atoms with Crippen molar-refractivity contribution < 1.29 is 19.1 Å². The van der Waals surface area contributed by atoms with Gasteiger partial charge in [0.15, 0.2) is 5.11 Å². The van der Waals surface area contributed by atoms with Gasteiger partial charge in [0.2, 0.25) is 5.91 Å². The molecular weight excluding hydrogens is 510 g/mol. The van der Waals surface area contributed by atoms with E-state index in [0.29, 0.717) is 48.7 Å². The molecule has 0 saturated heterocycles. The lowest BCUT2D eigenvalue weighted by molar-refractivity contribution is -0.116. The number of thiocarbonyl (C=S) groups is 1. The second kappa shape index (κ2) is 14.3. The minimum Gasteiger partial charge on any atom is -0.490 e. The van der Waals surface area contributed by atoms with E-state index in [4.69, 9.17) is 21.7 Å². The van der Waals surface area contributed by atoms with Crippen molar-refractivity contribution in [2.45, 2.75) is 12.8 Å². The minimum atomic E-state index is -0.350. The Morgan fingerprint density at radius 1 is 0.667 bits per heavy atom. The molecule has 0 aliphatic carbocycles. The lowest BCUT2D eigenvalue weighted by Crippen LogP contribution is -2.34. The first-order chi connectivity index (χ1) is 19.0. The number of aryl methyl sites for hydroxylation is 1. The number of amides is 2. The van der Waals surface area contributed by atoms with Crippen LogP contribution in [-0.2, 0) is 11.2 Å². The summed E-state index contributed by atoms with van der Waals surface area (Å²) in [5.74, 6) is 0.986. The van der Waals surface area contributed by atoms with Crippen LogP contribution < -0.4 is 25.4 Å². The lowest BCUT2D eigenvalue weighted by atomic mass is 10.1. The molecule has 3 N–H and O–H groups in total. The first kappa shape index (κ1) is 27.3. The molecule has 2 amide bonds. The number of ether oxygens (including phenoxy) is 2. The molecule has 8 heteroatoms. The summed E-state index contributed by atoms with van der Waals surface area (Å²) in [5.41, 5.74) is 2.82. The third-order valence-corrected chi connectivity index (χ3v) is 5.80. The summed E-state index contributed by atoms with van der Waals surface area (Å²) in [5, 5.41) is 8.69. The third kappa shape index (κ3) is 9.28. The van der Waals surface area contributed by atoms with Gasteiger partial charge >= 0.3 is 0 Å². The van der Waals surface area contributed by atoms with Crippen LogP contribution in [0.15, 0.2) is 109 Å². The van der Waals surface area contributed by atoms with Crippen molar-refractivity contribution in [3.63, 3.8) is 0 Å². The number of benzene rings is 4. The van der Waals surface area contributed by atoms with E-state index < -0.39 is 0 Å². The van der Waals surface area contributed by atoms with Gasteiger partial charge in [-0.05, 0) is 78.8 Å². The van der Waals surface area contributed by atoms with Crippen LogP contribution in [0.3, 0.4) is 0 Å². The van der Waals surface area contributed by atoms with E-state index >= 15 is 0 Å². The second-order valence-corrected chi connectivity index (χ2v) is 8.97. The van der Waals surface area contributed by atoms with E-state index in [1.807, 2.05) is 60.7 Å². The molecule has 0 aliphatic heterocycles. The molecule has 0 heterocycles. The summed E-state index contributed by atoms with van der Waals surface area (Å²) in [7, 11) is 0. The van der Waals surface area contributed by atoms with Gasteiger partial charge < -0.3 is 20.1 Å². The Morgan fingerprint density at radius 2 is 1.26 bits per heavy atom. The average Bonchev–Trinajstić information content (AvgIpc) is 2.96. The topological polar surface area (TPSA) is 88.7 Å². The summed E-state index contributed by atoms with van der Waals surface area (Å²) in [6.45, 7) is 0.783. The largest absolute Gasteiger partial charge is 0.490 e. The van der Waals surface area contributed by atoms with Gasteiger partial charge in [-0.3, -0.25) is 14.9 Å². The number of anilines is 2. The molecule has 39 heavy (non-hydrogen) atoms. The van der Waals surface area contributed by atoms with Gasteiger partial charge in [0.05, 0.1) is 0 Å². The molecule has 4 rings (SSSR count). The zero-order valence-corrected chi connectivity index (χ0v) is 22.1. The normalized spacial score (nSPS) is 10.3. The van der Waals surface area contributed by atoms with Gasteiger partial charge in [-0.2, -0.15) is 0 Å². The summed E-state index contributed by atoms with van der Waals surface area (Å²) in [4.78, 5) is 25.0. The Kier molecular flexibility index (Phi) is 10.0. The summed E-state index contributed by atoms with van der Waals surface area (Å²) in [6, 6.07) is 33.3. The maximum atomic E-state index is 12.6. The average molecular weight is 540 g/mol. The van der Waals surface area contributed by atoms with Crippen LogP contribution in [0.4, 0.5) is 11.4 Å². The monoisotopic (exact) mass is 539 g/mol. The number of carbonyl (C=O) groups is 2. The quantitative estimate of drug-likeness (QED) is 0.164. The molecule has 4 aromatic rings. The highest BCUT2D eigenvalue weighted by atomic mass is 32.1. The molecule has 0 radical (unpaired) electrons. The lowest BCUT2D eigenvalue weighted by Gasteiger charge is -2.12. The van der Waals surface area contributed by atoms with Crippen molar-refractivity contribution in [1.82, 2.24) is 5.32 Å². The van der Waals surface area contributed by atoms with E-state index in [9.17, 15) is 9.59 Å². The molecule has 7 nitrogen and oxygen atoms in total. The maximum absolute atomic E-state index is 12.6. The minimum absolute atomic E-state index is 0.0805. The Bertz CT molecular complexity index is 1380. The Labute approximate surface area is 233 Å². The van der Waals surface area contributed by atoms with Gasteiger partial charge in [-0.15, -0.1) is 0 Å². The molecule has 0 aromatic heterocycles. The van der Waals surface area contributed by atoms with E-state index in [1.54, 1.807) is 48.5 Å². The molecule has 0 saturated carbocycles. The van der Waals surface area contributed by atoms with Crippen molar-refractivity contribution >= 4 is 40.5 Å². The number of carbonyl (C=O) groups excluding carboxylic acids is 2. The van der Waals surface area contributed by atoms with Crippen LogP contribution in [0, 0.1) is 0 Å². The van der Waals surface area contributed by atoms with E-state index in [-0.39, 0.29) is 16.9 Å². The molecular formula is C31H29N3O4S. The van der Waals surface area contributed by atoms with E-state index in [0.717, 1.165) is 11.3 Å². The Hall–Kier alpha value is -4.69. The molecule has 4 aromatic carbocycles. The fraction of sp³-hybridized carbons (Fsp3) is 0.129. The molecule has 0 aliphatic rings. The highest BCUT2D eigenvalue weighted by Crippen LogP contribution is 2.17. The first-order valence-electron chi connectivity index (χ1n) is 12.5. The van der Waals surface area contributed by atoms with Gasteiger partial charge in [-0.25, -0.2) is 0 Å². The van der Waals surface area contributed by atoms with Crippen molar-refractivity contribution in [2.75, 3.05) is 23.8 Å². The van der Waals surface area contributed by atoms with Crippen molar-refractivity contribution in [3.05, 3.63) is 120 Å². The highest BCUT2D eigenvalue weighted by Gasteiger charge is 2.09. The van der Waals surface area contributed by atoms with E-state index in [1.165, 1.54) is 0 Å². The van der Waals surface area contributed by atoms with E-state index in [2.05, 4.69) is 16.0 Å². The summed E-state index contributed by atoms with van der Waals surface area (Å²) >= 11 is 5.31. The van der Waals surface area contributed by atoms with Crippen LogP contribution in [-0.4, -0.2) is 30.1 Å². The molecule has 0 unspecified atom stereocenters. The fourth-order valence-electron chi connectivity index (χ4n) is 3.68. The van der Waals surface area contributed by atoms with Crippen molar-refractivity contribution in [1.29, 1.82) is 0 Å². The molecule has 0 bridgehead atoms. The first-order valence-corrected chi connectivity index (χ1v) is 12.9. The van der Waals surface area contributed by atoms with Crippen LogP contribution in [0.25, 0.3) is 0 Å². The van der Waals surface area contributed by atoms with Gasteiger partial charge in [0, 0.05) is 23.4 Å². The molecule has 198 valence electrons. The predicted molar refractivity (Wildman–Crippen MR) is 157 cm³/mol. The number of hydrogen-bond acceptors (Lipinski definition) is 5. The van der Waals surface area contributed by atoms with Crippen LogP contribution in [0.1, 0.15) is 22.3 Å². The predicted octanol–water partition coefficient (Wildman–Crippen LogP) is 5.84. The van der Waals surface area contributed by atoms with Gasteiger partial charge in [0.1, 0.15) is 24.7 Å². The highest BCUT2D eigenvalue weighted by molar-refractivity contribution is 7.80.